The molecular weight excluding hydrogens is 285 g/mol. The van der Waals surface area contributed by atoms with Crippen molar-refractivity contribution in [3.63, 3.8) is 0 Å². The zero-order valence-electron chi connectivity index (χ0n) is 11.0. The average Bonchev–Trinajstić information content (AvgIpc) is 2.38. The number of hydrogen-bond donors (Lipinski definition) is 1. The predicted octanol–water partition coefficient (Wildman–Crippen LogP) is 3.84. The van der Waals surface area contributed by atoms with E-state index < -0.39 is 6.10 Å². The van der Waals surface area contributed by atoms with E-state index in [9.17, 15) is 4.79 Å². The van der Waals surface area contributed by atoms with E-state index in [-0.39, 0.29) is 5.91 Å². The molecule has 0 saturated heterocycles. The monoisotopic (exact) mass is 301 g/mol. The molecule has 0 saturated carbocycles. The lowest BCUT2D eigenvalue weighted by atomic mass is 10.3. The molecule has 0 aliphatic carbocycles. The molecule has 1 amide bonds. The Morgan fingerprint density at radius 1 is 1.42 bits per heavy atom. The van der Waals surface area contributed by atoms with E-state index in [4.69, 9.17) is 27.9 Å². The molecule has 0 aromatic heterocycles. The van der Waals surface area contributed by atoms with Gasteiger partial charge in [-0.1, -0.05) is 35.4 Å². The lowest BCUT2D eigenvalue weighted by Crippen LogP contribution is -2.36. The summed E-state index contributed by atoms with van der Waals surface area (Å²) in [5.41, 5.74) is 0. The van der Waals surface area contributed by atoms with E-state index in [1.807, 2.05) is 19.1 Å². The van der Waals surface area contributed by atoms with Gasteiger partial charge in [0, 0.05) is 12.6 Å². The molecule has 5 heteroatoms. The van der Waals surface area contributed by atoms with Gasteiger partial charge in [-0.3, -0.25) is 4.79 Å². The van der Waals surface area contributed by atoms with Crippen LogP contribution in [0.5, 0.6) is 5.75 Å². The second-order valence-corrected chi connectivity index (χ2v) is 4.80. The highest BCUT2D eigenvalue weighted by atomic mass is 35.5. The van der Waals surface area contributed by atoms with Crippen molar-refractivity contribution in [1.29, 1.82) is 0 Å². The average molecular weight is 302 g/mol. The first-order valence-corrected chi connectivity index (χ1v) is 6.80. The molecule has 1 aromatic rings. The Bertz CT molecular complexity index is 461. The summed E-state index contributed by atoms with van der Waals surface area (Å²) >= 11 is 11.7. The van der Waals surface area contributed by atoms with Gasteiger partial charge in [-0.2, -0.15) is 0 Å². The quantitative estimate of drug-likeness (QED) is 0.640. The van der Waals surface area contributed by atoms with E-state index in [0.717, 1.165) is 6.42 Å². The maximum atomic E-state index is 11.7. The maximum Gasteiger partial charge on any atom is 0.260 e. The smallest absolute Gasteiger partial charge is 0.260 e. The van der Waals surface area contributed by atoms with Gasteiger partial charge in [0.15, 0.2) is 6.10 Å². The van der Waals surface area contributed by atoms with Gasteiger partial charge in [0.1, 0.15) is 5.75 Å². The van der Waals surface area contributed by atoms with Gasteiger partial charge in [-0.05, 0) is 32.4 Å². The van der Waals surface area contributed by atoms with Crippen molar-refractivity contribution in [2.75, 3.05) is 6.54 Å². The lowest BCUT2D eigenvalue weighted by molar-refractivity contribution is -0.127. The number of rotatable bonds is 6. The molecule has 0 aliphatic heterocycles. The lowest BCUT2D eigenvalue weighted by Gasteiger charge is -2.14. The normalized spacial score (nSPS) is 12.4. The van der Waals surface area contributed by atoms with Crippen molar-refractivity contribution in [3.05, 3.63) is 40.4 Å². The first kappa shape index (κ1) is 15.9. The molecule has 1 aromatic carbocycles. The van der Waals surface area contributed by atoms with Crippen molar-refractivity contribution in [2.45, 2.75) is 26.4 Å². The standard InChI is InChI=1S/C14H17Cl2NO2/c1-3-4-5-8-17-14(18)10(2)19-11-6-7-12(15)13(16)9-11/h3-4,6-7,9-10H,5,8H2,1-2H3,(H,17,18)/b4-3+. The van der Waals surface area contributed by atoms with Gasteiger partial charge in [-0.15, -0.1) is 0 Å². The summed E-state index contributed by atoms with van der Waals surface area (Å²) in [7, 11) is 0. The van der Waals surface area contributed by atoms with Crippen LogP contribution >= 0.6 is 23.2 Å². The number of ether oxygens (including phenoxy) is 1. The Hall–Kier alpha value is -1.19. The zero-order chi connectivity index (χ0) is 14.3. The summed E-state index contributed by atoms with van der Waals surface area (Å²) in [6, 6.07) is 4.90. The number of hydrogen-bond acceptors (Lipinski definition) is 2. The van der Waals surface area contributed by atoms with Gasteiger partial charge in [0.05, 0.1) is 10.0 Å². The van der Waals surface area contributed by atoms with E-state index >= 15 is 0 Å². The Morgan fingerprint density at radius 2 is 2.16 bits per heavy atom. The maximum absolute atomic E-state index is 11.7. The minimum absolute atomic E-state index is 0.157. The van der Waals surface area contributed by atoms with Crippen molar-refractivity contribution >= 4 is 29.1 Å². The van der Waals surface area contributed by atoms with Gasteiger partial charge in [-0.25, -0.2) is 0 Å². The number of benzene rings is 1. The highest BCUT2D eigenvalue weighted by Crippen LogP contribution is 2.26. The fourth-order valence-corrected chi connectivity index (χ4v) is 1.68. The zero-order valence-corrected chi connectivity index (χ0v) is 12.5. The topological polar surface area (TPSA) is 38.3 Å². The van der Waals surface area contributed by atoms with Crippen LogP contribution in [0.3, 0.4) is 0 Å². The molecular formula is C14H17Cl2NO2. The van der Waals surface area contributed by atoms with Gasteiger partial charge in [0.2, 0.25) is 0 Å². The fraction of sp³-hybridized carbons (Fsp3) is 0.357. The first-order valence-electron chi connectivity index (χ1n) is 6.05. The summed E-state index contributed by atoms with van der Waals surface area (Å²) in [6.45, 7) is 4.23. The molecule has 0 aliphatic rings. The highest BCUT2D eigenvalue weighted by molar-refractivity contribution is 6.42. The van der Waals surface area contributed by atoms with E-state index in [2.05, 4.69) is 5.32 Å². The van der Waals surface area contributed by atoms with Gasteiger partial charge >= 0.3 is 0 Å². The Kier molecular flexibility index (Phi) is 6.74. The van der Waals surface area contributed by atoms with Crippen LogP contribution in [0.15, 0.2) is 30.4 Å². The molecule has 104 valence electrons. The largest absolute Gasteiger partial charge is 0.481 e. The Balaban J connectivity index is 2.46. The van der Waals surface area contributed by atoms with Crippen LogP contribution in [0.2, 0.25) is 10.0 Å². The molecule has 1 rings (SSSR count). The molecule has 1 unspecified atom stereocenters. The molecule has 0 heterocycles. The van der Waals surface area contributed by atoms with Crippen LogP contribution < -0.4 is 10.1 Å². The van der Waals surface area contributed by atoms with Crippen LogP contribution in [0, 0.1) is 0 Å². The summed E-state index contributed by atoms with van der Waals surface area (Å²) in [4.78, 5) is 11.7. The predicted molar refractivity (Wildman–Crippen MR) is 79.0 cm³/mol. The van der Waals surface area contributed by atoms with Crippen molar-refractivity contribution in [3.8, 4) is 5.75 Å². The van der Waals surface area contributed by atoms with Crippen molar-refractivity contribution in [2.24, 2.45) is 0 Å². The molecule has 1 atom stereocenters. The third-order valence-electron chi connectivity index (χ3n) is 2.42. The number of carbonyl (C=O) groups excluding carboxylic acids is 1. The first-order chi connectivity index (χ1) is 9.04. The van der Waals surface area contributed by atoms with Crippen LogP contribution in [0.25, 0.3) is 0 Å². The summed E-state index contributed by atoms with van der Waals surface area (Å²) in [6.07, 6.45) is 4.16. The van der Waals surface area contributed by atoms with Crippen LogP contribution in [-0.4, -0.2) is 18.6 Å². The minimum atomic E-state index is -0.581. The molecule has 19 heavy (non-hydrogen) atoms. The van der Waals surface area contributed by atoms with Crippen molar-refractivity contribution < 1.29 is 9.53 Å². The Morgan fingerprint density at radius 3 is 2.79 bits per heavy atom. The molecule has 0 bridgehead atoms. The van der Waals surface area contributed by atoms with Crippen molar-refractivity contribution in [1.82, 2.24) is 5.32 Å². The van der Waals surface area contributed by atoms with Crippen LogP contribution in [0.1, 0.15) is 20.3 Å². The minimum Gasteiger partial charge on any atom is -0.481 e. The fourth-order valence-electron chi connectivity index (χ4n) is 1.40. The number of amides is 1. The molecule has 0 fully saturated rings. The number of allylic oxidation sites excluding steroid dienone is 1. The third-order valence-corrected chi connectivity index (χ3v) is 3.16. The third kappa shape index (κ3) is 5.53. The van der Waals surface area contributed by atoms with Gasteiger partial charge in [0.25, 0.3) is 5.91 Å². The van der Waals surface area contributed by atoms with E-state index in [1.54, 1.807) is 25.1 Å². The molecule has 3 nitrogen and oxygen atoms in total. The van der Waals surface area contributed by atoms with E-state index in [0.29, 0.717) is 22.3 Å². The number of nitrogens with one attached hydrogen (secondary N) is 1. The molecule has 1 N–H and O–H groups in total. The summed E-state index contributed by atoms with van der Waals surface area (Å²) in [5.74, 6) is 0.362. The SMILES string of the molecule is C/C=C/CCNC(=O)C(C)Oc1ccc(Cl)c(Cl)c1. The van der Waals surface area contributed by atoms with E-state index in [1.165, 1.54) is 0 Å². The second kappa shape index (κ2) is 8.08. The van der Waals surface area contributed by atoms with Gasteiger partial charge < -0.3 is 10.1 Å². The second-order valence-electron chi connectivity index (χ2n) is 3.98. The Labute approximate surface area is 123 Å². The van der Waals surface area contributed by atoms with Crippen LogP contribution in [-0.2, 0) is 4.79 Å². The number of carbonyl (C=O) groups is 1. The molecule has 0 spiro atoms. The number of halogens is 2. The van der Waals surface area contributed by atoms with Crippen LogP contribution in [0.4, 0.5) is 0 Å². The summed E-state index contributed by atoms with van der Waals surface area (Å²) in [5, 5.41) is 3.65. The highest BCUT2D eigenvalue weighted by Gasteiger charge is 2.14. The summed E-state index contributed by atoms with van der Waals surface area (Å²) < 4.78 is 5.50. The molecule has 0 radical (unpaired) electrons.